The van der Waals surface area contributed by atoms with Crippen LogP contribution in [0.15, 0.2) is 42.5 Å². The number of piperidine rings is 1. The third kappa shape index (κ3) is 7.17. The third-order valence-corrected chi connectivity index (χ3v) is 5.56. The van der Waals surface area contributed by atoms with Gasteiger partial charge in [0.05, 0.1) is 0 Å². The van der Waals surface area contributed by atoms with Crippen LogP contribution in [0.5, 0.6) is 0 Å². The second-order valence-corrected chi connectivity index (χ2v) is 8.09. The number of amides is 2. The number of carbonyl (C=O) groups excluding carboxylic acids is 1. The lowest BCUT2D eigenvalue weighted by Gasteiger charge is -2.32. The maximum absolute atomic E-state index is 12.2. The van der Waals surface area contributed by atoms with E-state index < -0.39 is 0 Å². The molecule has 1 fully saturated rings. The first-order valence-electron chi connectivity index (χ1n) is 10.9. The molecular formula is C24H34N4O. The van der Waals surface area contributed by atoms with Crippen molar-refractivity contribution in [1.82, 2.24) is 15.2 Å². The number of carbonyl (C=O) groups is 1. The van der Waals surface area contributed by atoms with Crippen LogP contribution in [0.25, 0.3) is 0 Å². The first-order chi connectivity index (χ1) is 14.1. The molecule has 0 bridgehead atoms. The van der Waals surface area contributed by atoms with Gasteiger partial charge in [-0.05, 0) is 69.3 Å². The lowest BCUT2D eigenvalue weighted by molar-refractivity contribution is 0.184. The second kappa shape index (κ2) is 11.0. The van der Waals surface area contributed by atoms with Crippen LogP contribution in [-0.2, 0) is 12.8 Å². The van der Waals surface area contributed by atoms with E-state index in [1.807, 2.05) is 19.1 Å². The topological polar surface area (TPSA) is 57.3 Å². The van der Waals surface area contributed by atoms with Crippen LogP contribution in [-0.4, -0.2) is 42.1 Å². The lowest BCUT2D eigenvalue weighted by atomic mass is 9.90. The maximum atomic E-state index is 12.2. The molecule has 1 aromatic heterocycles. The second-order valence-electron chi connectivity index (χ2n) is 8.09. The number of nitrogens with one attached hydrogen (secondary N) is 2. The first-order valence-corrected chi connectivity index (χ1v) is 10.9. The van der Waals surface area contributed by atoms with Crippen molar-refractivity contribution in [3.8, 4) is 0 Å². The molecule has 1 aliphatic rings. The molecule has 0 unspecified atom stereocenters. The molecule has 1 saturated heterocycles. The number of benzene rings is 1. The van der Waals surface area contributed by atoms with Crippen molar-refractivity contribution >= 4 is 11.7 Å². The van der Waals surface area contributed by atoms with Crippen LogP contribution in [0.4, 0.5) is 10.5 Å². The fourth-order valence-electron chi connectivity index (χ4n) is 4.06. The molecule has 2 aromatic rings. The normalized spacial score (nSPS) is 15.2. The smallest absolute Gasteiger partial charge is 0.319 e. The van der Waals surface area contributed by atoms with Crippen molar-refractivity contribution in [1.29, 1.82) is 0 Å². The number of aromatic nitrogens is 1. The van der Waals surface area contributed by atoms with Crippen molar-refractivity contribution < 1.29 is 4.79 Å². The van der Waals surface area contributed by atoms with E-state index in [4.69, 9.17) is 0 Å². The van der Waals surface area contributed by atoms with E-state index in [-0.39, 0.29) is 6.03 Å². The van der Waals surface area contributed by atoms with Gasteiger partial charge in [0.25, 0.3) is 0 Å². The number of likely N-dealkylation sites (tertiary alicyclic amines) is 1. The number of rotatable bonds is 8. The van der Waals surface area contributed by atoms with E-state index in [1.54, 1.807) is 0 Å². The molecule has 0 spiro atoms. The molecule has 5 nitrogen and oxygen atoms in total. The van der Waals surface area contributed by atoms with Gasteiger partial charge in [-0.25, -0.2) is 4.79 Å². The van der Waals surface area contributed by atoms with Gasteiger partial charge in [-0.3, -0.25) is 4.98 Å². The number of urea groups is 1. The summed E-state index contributed by atoms with van der Waals surface area (Å²) in [5.41, 5.74) is 4.23. The Morgan fingerprint density at radius 2 is 1.93 bits per heavy atom. The predicted molar refractivity (Wildman–Crippen MR) is 119 cm³/mol. The minimum absolute atomic E-state index is 0.142. The van der Waals surface area contributed by atoms with E-state index in [9.17, 15) is 4.79 Å². The van der Waals surface area contributed by atoms with Crippen LogP contribution >= 0.6 is 0 Å². The fraction of sp³-hybridized carbons (Fsp3) is 0.500. The summed E-state index contributed by atoms with van der Waals surface area (Å²) in [6.07, 6.45) is 5.62. The quantitative estimate of drug-likeness (QED) is 0.697. The zero-order valence-corrected chi connectivity index (χ0v) is 17.8. The highest BCUT2D eigenvalue weighted by molar-refractivity contribution is 5.89. The summed E-state index contributed by atoms with van der Waals surface area (Å²) in [6, 6.07) is 14.5. The summed E-state index contributed by atoms with van der Waals surface area (Å²) < 4.78 is 0. The number of hydrogen-bond acceptors (Lipinski definition) is 3. The Bertz CT molecular complexity index is 770. The SMILES string of the molecule is CCCc1cc(NC(=O)NCCN2CCC(Cc3ccccc3)CC2)cc(C)n1. The average molecular weight is 395 g/mol. The van der Waals surface area contributed by atoms with Crippen LogP contribution in [0.2, 0.25) is 0 Å². The zero-order valence-electron chi connectivity index (χ0n) is 17.8. The molecule has 156 valence electrons. The molecule has 29 heavy (non-hydrogen) atoms. The van der Waals surface area contributed by atoms with Crippen LogP contribution in [0, 0.1) is 12.8 Å². The molecule has 5 heteroatoms. The Labute approximate surface area is 174 Å². The standard InChI is InChI=1S/C24H34N4O/c1-3-7-22-18-23(16-19(2)26-22)27-24(29)25-12-15-28-13-10-21(11-14-28)17-20-8-5-4-6-9-20/h4-6,8-9,16,18,21H,3,7,10-15,17H2,1-2H3,(H2,25,26,27,29). The molecule has 2 N–H and O–H groups in total. The van der Waals surface area contributed by atoms with Gasteiger partial charge < -0.3 is 15.5 Å². The molecule has 3 rings (SSSR count). The van der Waals surface area contributed by atoms with Crippen molar-refractivity contribution in [3.05, 3.63) is 59.4 Å². The van der Waals surface area contributed by atoms with Gasteiger partial charge in [-0.2, -0.15) is 0 Å². The van der Waals surface area contributed by atoms with Crippen molar-refractivity contribution in [3.63, 3.8) is 0 Å². The average Bonchev–Trinajstić information content (AvgIpc) is 2.70. The number of nitrogens with zero attached hydrogens (tertiary/aromatic N) is 2. The minimum Gasteiger partial charge on any atom is -0.337 e. The van der Waals surface area contributed by atoms with Gasteiger partial charge in [0.2, 0.25) is 0 Å². The largest absolute Gasteiger partial charge is 0.337 e. The van der Waals surface area contributed by atoms with Crippen LogP contribution in [0.3, 0.4) is 0 Å². The number of aryl methyl sites for hydroxylation is 2. The lowest BCUT2D eigenvalue weighted by Crippen LogP contribution is -2.40. The Kier molecular flexibility index (Phi) is 8.05. The van der Waals surface area contributed by atoms with Gasteiger partial charge in [0.1, 0.15) is 0 Å². The molecule has 0 atom stereocenters. The van der Waals surface area contributed by atoms with Crippen molar-refractivity contribution in [2.24, 2.45) is 5.92 Å². The molecule has 0 radical (unpaired) electrons. The Hall–Kier alpha value is -2.40. The maximum Gasteiger partial charge on any atom is 0.319 e. The number of hydrogen-bond donors (Lipinski definition) is 2. The molecular weight excluding hydrogens is 360 g/mol. The number of pyridine rings is 1. The number of anilines is 1. The molecule has 0 saturated carbocycles. The Morgan fingerprint density at radius 1 is 1.17 bits per heavy atom. The summed E-state index contributed by atoms with van der Waals surface area (Å²) in [6.45, 7) is 7.90. The molecule has 1 aromatic carbocycles. The highest BCUT2D eigenvalue weighted by Crippen LogP contribution is 2.21. The highest BCUT2D eigenvalue weighted by atomic mass is 16.2. The van der Waals surface area contributed by atoms with E-state index in [0.717, 1.165) is 55.5 Å². The summed E-state index contributed by atoms with van der Waals surface area (Å²) >= 11 is 0. The molecule has 0 aliphatic carbocycles. The molecule has 2 heterocycles. The van der Waals surface area contributed by atoms with E-state index >= 15 is 0 Å². The van der Waals surface area contributed by atoms with Crippen LogP contribution < -0.4 is 10.6 Å². The van der Waals surface area contributed by atoms with Gasteiger partial charge in [0.15, 0.2) is 0 Å². The van der Waals surface area contributed by atoms with Crippen LogP contribution in [0.1, 0.15) is 43.1 Å². The Morgan fingerprint density at radius 3 is 2.66 bits per heavy atom. The van der Waals surface area contributed by atoms with Crippen molar-refractivity contribution in [2.75, 3.05) is 31.5 Å². The highest BCUT2D eigenvalue weighted by Gasteiger charge is 2.19. The molecule has 2 amide bonds. The van der Waals surface area contributed by atoms with E-state index in [0.29, 0.717) is 6.54 Å². The summed E-state index contributed by atoms with van der Waals surface area (Å²) in [5.74, 6) is 0.775. The van der Waals surface area contributed by atoms with Gasteiger partial charge in [0, 0.05) is 30.2 Å². The van der Waals surface area contributed by atoms with Crippen molar-refractivity contribution in [2.45, 2.75) is 46.0 Å². The summed E-state index contributed by atoms with van der Waals surface area (Å²) in [4.78, 5) is 19.2. The minimum atomic E-state index is -0.142. The monoisotopic (exact) mass is 394 g/mol. The Balaban J connectivity index is 1.35. The van der Waals surface area contributed by atoms with Gasteiger partial charge in [-0.1, -0.05) is 43.7 Å². The third-order valence-electron chi connectivity index (χ3n) is 5.56. The van der Waals surface area contributed by atoms with Gasteiger partial charge >= 0.3 is 6.03 Å². The zero-order chi connectivity index (χ0) is 20.5. The van der Waals surface area contributed by atoms with E-state index in [1.165, 1.54) is 24.8 Å². The van der Waals surface area contributed by atoms with Gasteiger partial charge in [-0.15, -0.1) is 0 Å². The predicted octanol–water partition coefficient (Wildman–Crippen LogP) is 4.42. The first kappa shape index (κ1) is 21.3. The summed E-state index contributed by atoms with van der Waals surface area (Å²) in [5, 5.41) is 5.93. The van der Waals surface area contributed by atoms with E-state index in [2.05, 4.69) is 57.8 Å². The molecule has 1 aliphatic heterocycles. The summed E-state index contributed by atoms with van der Waals surface area (Å²) in [7, 11) is 0. The fourth-order valence-corrected chi connectivity index (χ4v) is 4.06.